The summed E-state index contributed by atoms with van der Waals surface area (Å²) in [5.74, 6) is 2.13. The molecule has 1 atom stereocenters. The molecule has 0 amide bonds. The molecule has 0 radical (unpaired) electrons. The van der Waals surface area contributed by atoms with Crippen LogP contribution in [0.25, 0.3) is 0 Å². The predicted octanol–water partition coefficient (Wildman–Crippen LogP) is 4.11. The highest BCUT2D eigenvalue weighted by Crippen LogP contribution is 2.38. The summed E-state index contributed by atoms with van der Waals surface area (Å²) in [5.41, 5.74) is 0.410. The lowest BCUT2D eigenvalue weighted by molar-refractivity contribution is 0.0520. The average Bonchev–Trinajstić information content (AvgIpc) is 3.42. The summed E-state index contributed by atoms with van der Waals surface area (Å²) in [6.07, 6.45) is 8.96. The van der Waals surface area contributed by atoms with Crippen molar-refractivity contribution in [2.24, 2.45) is 0 Å². The van der Waals surface area contributed by atoms with E-state index in [1.165, 1.54) is 37.0 Å². The molecule has 2 aromatic rings. The molecule has 1 saturated carbocycles. The summed E-state index contributed by atoms with van der Waals surface area (Å²) in [7, 11) is 0. The van der Waals surface area contributed by atoms with Crippen molar-refractivity contribution in [1.82, 2.24) is 15.0 Å². The third-order valence-electron chi connectivity index (χ3n) is 5.22. The van der Waals surface area contributed by atoms with Gasteiger partial charge in [-0.15, -0.1) is 11.3 Å². The molecule has 2 fully saturated rings. The van der Waals surface area contributed by atoms with Crippen LogP contribution in [0, 0.1) is 0 Å². The molecule has 26 heavy (non-hydrogen) atoms. The number of thiazole rings is 1. The van der Waals surface area contributed by atoms with Crippen molar-refractivity contribution < 1.29 is 9.53 Å². The van der Waals surface area contributed by atoms with Gasteiger partial charge in [0.2, 0.25) is 0 Å². The van der Waals surface area contributed by atoms with E-state index >= 15 is 0 Å². The second-order valence-electron chi connectivity index (χ2n) is 6.90. The Hall–Kier alpha value is -2.02. The van der Waals surface area contributed by atoms with Crippen LogP contribution in [0.3, 0.4) is 0 Å². The third kappa shape index (κ3) is 3.45. The zero-order chi connectivity index (χ0) is 17.9. The molecule has 0 spiro atoms. The lowest BCUT2D eigenvalue weighted by Crippen LogP contribution is -2.24. The van der Waals surface area contributed by atoms with Gasteiger partial charge in [0, 0.05) is 24.0 Å². The van der Waals surface area contributed by atoms with Gasteiger partial charge >= 0.3 is 5.97 Å². The molecule has 2 aliphatic rings. The Balaban J connectivity index is 1.55. The Bertz CT molecular complexity index is 772. The summed E-state index contributed by atoms with van der Waals surface area (Å²) >= 11 is 1.53. The van der Waals surface area contributed by atoms with Crippen molar-refractivity contribution in [3.63, 3.8) is 0 Å². The maximum absolute atomic E-state index is 11.9. The van der Waals surface area contributed by atoms with Crippen molar-refractivity contribution in [2.45, 2.75) is 57.4 Å². The lowest BCUT2D eigenvalue weighted by atomic mass is 10.1. The van der Waals surface area contributed by atoms with Crippen LogP contribution in [0.2, 0.25) is 0 Å². The normalized spacial score (nSPS) is 20.7. The van der Waals surface area contributed by atoms with Gasteiger partial charge in [-0.1, -0.05) is 12.8 Å². The van der Waals surface area contributed by atoms with Gasteiger partial charge in [-0.05, 0) is 38.7 Å². The second kappa shape index (κ2) is 7.70. The highest BCUT2D eigenvalue weighted by Gasteiger charge is 2.31. The minimum absolute atomic E-state index is 0.175. The summed E-state index contributed by atoms with van der Waals surface area (Å²) in [6.45, 7) is 3.13. The monoisotopic (exact) mass is 372 g/mol. The smallest absolute Gasteiger partial charge is 0.357 e. The van der Waals surface area contributed by atoms with Crippen molar-refractivity contribution in [1.29, 1.82) is 0 Å². The van der Waals surface area contributed by atoms with Gasteiger partial charge in [0.15, 0.2) is 5.69 Å². The highest BCUT2D eigenvalue weighted by molar-refractivity contribution is 7.10. The number of rotatable bonds is 5. The highest BCUT2D eigenvalue weighted by atomic mass is 32.1. The number of esters is 1. The molecule has 0 bridgehead atoms. The number of anilines is 1. The molecule has 7 heteroatoms. The Morgan fingerprint density at radius 1 is 1.27 bits per heavy atom. The average molecular weight is 372 g/mol. The maximum atomic E-state index is 11.9. The molecule has 0 unspecified atom stereocenters. The van der Waals surface area contributed by atoms with Crippen LogP contribution in [-0.4, -0.2) is 34.1 Å². The number of ether oxygens (including phenoxy) is 1. The zero-order valence-electron chi connectivity index (χ0n) is 15.1. The Labute approximate surface area is 157 Å². The van der Waals surface area contributed by atoms with Crippen LogP contribution < -0.4 is 4.90 Å². The van der Waals surface area contributed by atoms with Crippen LogP contribution in [0.15, 0.2) is 17.6 Å². The number of hydrogen-bond acceptors (Lipinski definition) is 7. The fourth-order valence-electron chi connectivity index (χ4n) is 3.94. The topological polar surface area (TPSA) is 68.2 Å². The fraction of sp³-hybridized carbons (Fsp3) is 0.579. The molecule has 1 aliphatic heterocycles. The van der Waals surface area contributed by atoms with E-state index < -0.39 is 0 Å². The molecule has 0 aromatic carbocycles. The number of carbonyl (C=O) groups excluding carboxylic acids is 1. The van der Waals surface area contributed by atoms with Gasteiger partial charge in [-0.25, -0.2) is 19.7 Å². The first-order valence-electron chi connectivity index (χ1n) is 9.48. The van der Waals surface area contributed by atoms with E-state index in [9.17, 15) is 4.79 Å². The third-order valence-corrected chi connectivity index (χ3v) is 6.16. The van der Waals surface area contributed by atoms with E-state index in [1.807, 2.05) is 12.3 Å². The maximum Gasteiger partial charge on any atom is 0.357 e. The SMILES string of the molecule is CCOC(=O)c1csc([C@@H]2CCCN2c2ccnc(C3CCCC3)n2)n1. The molecule has 3 heterocycles. The number of carbonyl (C=O) groups is 1. The molecule has 1 aliphatic carbocycles. The number of hydrogen-bond donors (Lipinski definition) is 0. The standard InChI is InChI=1S/C19H24N4O2S/c1-2-25-19(24)14-12-26-18(21-14)15-8-5-11-23(15)16-9-10-20-17(22-16)13-6-3-4-7-13/h9-10,12-13,15H,2-8,11H2,1H3/t15-/m0/s1. The molecule has 0 N–H and O–H groups in total. The lowest BCUT2D eigenvalue weighted by Gasteiger charge is -2.24. The minimum atomic E-state index is -0.342. The summed E-state index contributed by atoms with van der Waals surface area (Å²) in [4.78, 5) is 28.2. The van der Waals surface area contributed by atoms with E-state index in [0.717, 1.165) is 36.0 Å². The van der Waals surface area contributed by atoms with E-state index in [2.05, 4.69) is 14.9 Å². The van der Waals surface area contributed by atoms with Gasteiger partial charge in [0.05, 0.1) is 12.6 Å². The first kappa shape index (κ1) is 17.4. The summed E-state index contributed by atoms with van der Waals surface area (Å²) in [5, 5.41) is 2.76. The molecule has 4 rings (SSSR count). The van der Waals surface area contributed by atoms with Crippen LogP contribution in [0.4, 0.5) is 5.82 Å². The number of nitrogens with zero attached hydrogens (tertiary/aromatic N) is 4. The van der Waals surface area contributed by atoms with Crippen molar-refractivity contribution in [2.75, 3.05) is 18.1 Å². The summed E-state index contributed by atoms with van der Waals surface area (Å²) in [6, 6.07) is 2.17. The first-order valence-corrected chi connectivity index (χ1v) is 10.4. The van der Waals surface area contributed by atoms with Crippen LogP contribution >= 0.6 is 11.3 Å². The first-order chi connectivity index (χ1) is 12.8. The fourth-order valence-corrected chi connectivity index (χ4v) is 4.88. The Morgan fingerprint density at radius 2 is 2.12 bits per heavy atom. The number of aromatic nitrogens is 3. The molecule has 6 nitrogen and oxygen atoms in total. The van der Waals surface area contributed by atoms with Gasteiger partial charge in [-0.2, -0.15) is 0 Å². The molecular formula is C19H24N4O2S. The van der Waals surface area contributed by atoms with Crippen LogP contribution in [0.1, 0.15) is 78.7 Å². The van der Waals surface area contributed by atoms with E-state index in [1.54, 1.807) is 12.3 Å². The molecular weight excluding hydrogens is 348 g/mol. The van der Waals surface area contributed by atoms with Crippen molar-refractivity contribution >= 4 is 23.1 Å². The Morgan fingerprint density at radius 3 is 2.92 bits per heavy atom. The van der Waals surface area contributed by atoms with E-state index in [4.69, 9.17) is 9.72 Å². The van der Waals surface area contributed by atoms with E-state index in [0.29, 0.717) is 18.2 Å². The predicted molar refractivity (Wildman–Crippen MR) is 101 cm³/mol. The second-order valence-corrected chi connectivity index (χ2v) is 7.79. The molecule has 138 valence electrons. The molecule has 2 aromatic heterocycles. The quantitative estimate of drug-likeness (QED) is 0.736. The van der Waals surface area contributed by atoms with Crippen LogP contribution in [0.5, 0.6) is 0 Å². The molecule has 1 saturated heterocycles. The van der Waals surface area contributed by atoms with Gasteiger partial charge in [0.1, 0.15) is 16.6 Å². The van der Waals surface area contributed by atoms with Gasteiger partial charge in [0.25, 0.3) is 0 Å². The van der Waals surface area contributed by atoms with Crippen molar-refractivity contribution in [3.05, 3.63) is 34.2 Å². The van der Waals surface area contributed by atoms with Crippen molar-refractivity contribution in [3.8, 4) is 0 Å². The summed E-state index contributed by atoms with van der Waals surface area (Å²) < 4.78 is 5.06. The van der Waals surface area contributed by atoms with Crippen LogP contribution in [-0.2, 0) is 4.74 Å². The largest absolute Gasteiger partial charge is 0.461 e. The zero-order valence-corrected chi connectivity index (χ0v) is 15.9. The Kier molecular flexibility index (Phi) is 5.15. The van der Waals surface area contributed by atoms with Gasteiger partial charge < -0.3 is 9.64 Å². The van der Waals surface area contributed by atoms with E-state index in [-0.39, 0.29) is 12.0 Å². The van der Waals surface area contributed by atoms with Gasteiger partial charge in [-0.3, -0.25) is 0 Å². The minimum Gasteiger partial charge on any atom is -0.461 e.